The van der Waals surface area contributed by atoms with Crippen molar-refractivity contribution in [3.63, 3.8) is 0 Å². The lowest BCUT2D eigenvalue weighted by molar-refractivity contribution is 0.0945. The largest absolute Gasteiger partial charge is 0.493 e. The molecule has 1 aromatic carbocycles. The van der Waals surface area contributed by atoms with E-state index < -0.39 is 17.4 Å². The number of imidazole rings is 1. The van der Waals surface area contributed by atoms with Gasteiger partial charge in [-0.25, -0.2) is 14.2 Å². The van der Waals surface area contributed by atoms with Crippen LogP contribution in [0.1, 0.15) is 41.7 Å². The average Bonchev–Trinajstić information content (AvgIpc) is 3.24. The van der Waals surface area contributed by atoms with Gasteiger partial charge < -0.3 is 20.3 Å². The van der Waals surface area contributed by atoms with Gasteiger partial charge in [-0.15, -0.1) is 0 Å². The normalized spacial score (nSPS) is 17.1. The van der Waals surface area contributed by atoms with Gasteiger partial charge in [0, 0.05) is 29.9 Å². The van der Waals surface area contributed by atoms with E-state index in [2.05, 4.69) is 25.3 Å². The Hall–Kier alpha value is -4.32. The summed E-state index contributed by atoms with van der Waals surface area (Å²) < 4.78 is 16.3. The summed E-state index contributed by atoms with van der Waals surface area (Å²) in [6.45, 7) is 3.23. The van der Waals surface area contributed by atoms with Gasteiger partial charge in [-0.05, 0) is 63.0 Å². The van der Waals surface area contributed by atoms with Gasteiger partial charge in [-0.2, -0.15) is 9.61 Å². The molecule has 4 N–H and O–H groups in total. The van der Waals surface area contributed by atoms with Crippen LogP contribution in [0.25, 0.3) is 23.0 Å². The molecular formula is C26H27FN8O3. The molecule has 12 heteroatoms. The second-order valence-corrected chi connectivity index (χ2v) is 9.68. The van der Waals surface area contributed by atoms with Crippen molar-refractivity contribution in [1.29, 1.82) is 0 Å². The molecule has 1 amide bonds. The Kier molecular flexibility index (Phi) is 6.24. The average molecular weight is 519 g/mol. The van der Waals surface area contributed by atoms with Crippen molar-refractivity contribution in [3.8, 4) is 17.1 Å². The Morgan fingerprint density at radius 1 is 1.24 bits per heavy atom. The third kappa shape index (κ3) is 4.94. The predicted octanol–water partition coefficient (Wildman–Crippen LogP) is 0.694. The molecule has 1 saturated heterocycles. The molecule has 6 rings (SSSR count). The number of nitrogens with one attached hydrogen (secondary N) is 3. The van der Waals surface area contributed by atoms with E-state index in [0.717, 1.165) is 45.3 Å². The Morgan fingerprint density at radius 3 is 2.79 bits per heavy atom. The number of H-pyrrole nitrogens is 2. The van der Waals surface area contributed by atoms with E-state index in [1.54, 1.807) is 28.9 Å². The van der Waals surface area contributed by atoms with E-state index >= 15 is 0 Å². The van der Waals surface area contributed by atoms with Crippen molar-refractivity contribution >= 4 is 17.6 Å². The lowest BCUT2D eigenvalue weighted by Gasteiger charge is -2.15. The first-order valence-electron chi connectivity index (χ1n) is 12.7. The topological polar surface area (TPSA) is 144 Å². The third-order valence-corrected chi connectivity index (χ3v) is 6.80. The highest BCUT2D eigenvalue weighted by Crippen LogP contribution is 2.23. The smallest absolute Gasteiger partial charge is 0.326 e. The number of aromatic nitrogens is 5. The number of aromatic amines is 2. The minimum atomic E-state index is -0.610. The standard InChI is InChI=1S/C26H27FN8O3/c27-19-6-3-15(11-18(19)24(36)28-7-10-34-8-1-2-9-34)20-13-22(30-17-4-5-17)35-23(31-20)16(14-29-35)12-21-25(37)33-26(38)32-21/h3,6,11-14,17,37H,1-2,4-5,7-10H2,(H,28,36)(H2,32,33,38)/b16-12+,30-22?. The van der Waals surface area contributed by atoms with Crippen LogP contribution < -0.4 is 21.7 Å². The number of fused-ring (bicyclic) bond motifs is 1. The molecule has 0 atom stereocenters. The second kappa shape index (κ2) is 9.86. The van der Waals surface area contributed by atoms with Gasteiger partial charge in [0.1, 0.15) is 11.5 Å². The molecule has 196 valence electrons. The summed E-state index contributed by atoms with van der Waals surface area (Å²) in [5.74, 6) is -1.38. The quantitative estimate of drug-likeness (QED) is 0.284. The van der Waals surface area contributed by atoms with Crippen LogP contribution in [-0.4, -0.2) is 72.7 Å². The van der Waals surface area contributed by atoms with E-state index in [1.807, 2.05) is 0 Å². The maximum Gasteiger partial charge on any atom is 0.326 e. The molecule has 38 heavy (non-hydrogen) atoms. The van der Waals surface area contributed by atoms with E-state index in [9.17, 15) is 19.1 Å². The van der Waals surface area contributed by atoms with Crippen molar-refractivity contribution in [2.24, 2.45) is 4.99 Å². The number of nitrogens with zero attached hydrogens (tertiary/aromatic N) is 5. The van der Waals surface area contributed by atoms with E-state index in [0.29, 0.717) is 34.2 Å². The molecule has 0 unspecified atom stereocenters. The summed E-state index contributed by atoms with van der Waals surface area (Å²) in [6, 6.07) is 6.29. The number of halogens is 1. The molecule has 11 nitrogen and oxygen atoms in total. The molecule has 0 spiro atoms. The van der Waals surface area contributed by atoms with E-state index in [1.165, 1.54) is 12.1 Å². The fourth-order valence-electron chi connectivity index (χ4n) is 4.63. The number of carbonyl (C=O) groups excluding carboxylic acids is 1. The zero-order valence-electron chi connectivity index (χ0n) is 20.6. The summed E-state index contributed by atoms with van der Waals surface area (Å²) in [5, 5.41) is 17.8. The van der Waals surface area contributed by atoms with Gasteiger partial charge in [0.05, 0.1) is 23.5 Å². The second-order valence-electron chi connectivity index (χ2n) is 9.68. The number of hydrogen-bond acceptors (Lipinski definition) is 7. The van der Waals surface area contributed by atoms with Gasteiger partial charge >= 0.3 is 5.69 Å². The maximum absolute atomic E-state index is 14.7. The first-order chi connectivity index (χ1) is 18.4. The number of carbonyl (C=O) groups is 1. The van der Waals surface area contributed by atoms with Crippen molar-refractivity contribution in [3.05, 3.63) is 68.7 Å². The summed E-state index contributed by atoms with van der Waals surface area (Å²) >= 11 is 0. The van der Waals surface area contributed by atoms with Gasteiger partial charge in [0.25, 0.3) is 5.91 Å². The molecule has 3 aromatic heterocycles. The van der Waals surface area contributed by atoms with Crippen LogP contribution in [0.15, 0.2) is 40.2 Å². The maximum atomic E-state index is 14.7. The first-order valence-corrected chi connectivity index (χ1v) is 12.7. The van der Waals surface area contributed by atoms with E-state index in [4.69, 9.17) is 9.98 Å². The van der Waals surface area contributed by atoms with Crippen LogP contribution in [0.2, 0.25) is 0 Å². The lowest BCUT2D eigenvalue weighted by Crippen LogP contribution is -2.33. The molecule has 2 fully saturated rings. The Labute approximate surface area is 215 Å². The monoisotopic (exact) mass is 518 g/mol. The van der Waals surface area contributed by atoms with Crippen LogP contribution in [0, 0.1) is 5.82 Å². The Morgan fingerprint density at radius 2 is 2.05 bits per heavy atom. The van der Waals surface area contributed by atoms with E-state index in [-0.39, 0.29) is 23.2 Å². The van der Waals surface area contributed by atoms with Crippen LogP contribution in [0.5, 0.6) is 5.88 Å². The van der Waals surface area contributed by atoms with Crippen molar-refractivity contribution in [2.75, 3.05) is 26.2 Å². The lowest BCUT2D eigenvalue weighted by atomic mass is 10.1. The number of benzene rings is 1. The summed E-state index contributed by atoms with van der Waals surface area (Å²) in [5.41, 5.74) is 1.64. The number of amides is 1. The predicted molar refractivity (Wildman–Crippen MR) is 137 cm³/mol. The fourth-order valence-corrected chi connectivity index (χ4v) is 4.63. The molecule has 1 saturated carbocycles. The summed E-state index contributed by atoms with van der Waals surface area (Å²) in [4.78, 5) is 40.9. The minimum Gasteiger partial charge on any atom is -0.493 e. The Bertz CT molecular complexity index is 1700. The van der Waals surface area contributed by atoms with Crippen LogP contribution in [0.4, 0.5) is 4.39 Å². The molecule has 1 aliphatic heterocycles. The third-order valence-electron chi connectivity index (χ3n) is 6.80. The molecule has 2 aliphatic rings. The number of aromatic hydroxyl groups is 1. The van der Waals surface area contributed by atoms with Crippen molar-refractivity contribution in [1.82, 2.24) is 34.8 Å². The highest BCUT2D eigenvalue weighted by Gasteiger charge is 2.21. The summed E-state index contributed by atoms with van der Waals surface area (Å²) in [6.07, 6.45) is 7.41. The van der Waals surface area contributed by atoms with Crippen LogP contribution in [0.3, 0.4) is 0 Å². The molecule has 0 radical (unpaired) electrons. The zero-order chi connectivity index (χ0) is 26.2. The minimum absolute atomic E-state index is 0.0543. The number of hydrogen-bond donors (Lipinski definition) is 4. The van der Waals surface area contributed by atoms with Crippen LogP contribution >= 0.6 is 0 Å². The fraction of sp³-hybridized carbons (Fsp3) is 0.346. The molecule has 4 aromatic rings. The molecule has 4 heterocycles. The SMILES string of the molecule is O=C(NCCN1CCCC1)c1cc(-c2cc(=NC3CC3)n3nc/c(=C\c4[nH]c(=O)[nH]c4O)c3n2)ccc1F. The molecule has 1 aliphatic carbocycles. The van der Waals surface area contributed by atoms with Gasteiger partial charge in [-0.3, -0.25) is 14.8 Å². The van der Waals surface area contributed by atoms with Crippen molar-refractivity contribution < 1.29 is 14.3 Å². The highest BCUT2D eigenvalue weighted by molar-refractivity contribution is 5.95. The number of likely N-dealkylation sites (tertiary alicyclic amines) is 1. The van der Waals surface area contributed by atoms with Gasteiger partial charge in [0.2, 0.25) is 5.88 Å². The summed E-state index contributed by atoms with van der Waals surface area (Å²) in [7, 11) is 0. The van der Waals surface area contributed by atoms with Gasteiger partial charge in [0.15, 0.2) is 11.1 Å². The van der Waals surface area contributed by atoms with Gasteiger partial charge in [-0.1, -0.05) is 0 Å². The molecule has 0 bridgehead atoms. The van der Waals surface area contributed by atoms with Crippen LogP contribution in [-0.2, 0) is 0 Å². The Balaban J connectivity index is 1.38. The molecular weight excluding hydrogens is 491 g/mol. The first kappa shape index (κ1) is 24.0. The van der Waals surface area contributed by atoms with Crippen molar-refractivity contribution in [2.45, 2.75) is 31.7 Å². The highest BCUT2D eigenvalue weighted by atomic mass is 19.1. The zero-order valence-corrected chi connectivity index (χ0v) is 20.6. The number of rotatable bonds is 7.